The summed E-state index contributed by atoms with van der Waals surface area (Å²) >= 11 is 0. The van der Waals surface area contributed by atoms with Crippen molar-refractivity contribution in [3.63, 3.8) is 0 Å². The second-order valence-corrected chi connectivity index (χ2v) is 18.0. The maximum atomic E-state index is 2.54. The van der Waals surface area contributed by atoms with Gasteiger partial charge >= 0.3 is 0 Å². The van der Waals surface area contributed by atoms with Crippen LogP contribution < -0.4 is 9.80 Å². The van der Waals surface area contributed by atoms with E-state index in [9.17, 15) is 0 Å². The third-order valence-corrected chi connectivity index (χ3v) is 14.2. The average Bonchev–Trinajstić information content (AvgIpc) is 3.88. The summed E-state index contributed by atoms with van der Waals surface area (Å²) in [6.07, 6.45) is 0. The van der Waals surface area contributed by atoms with Crippen LogP contribution in [0, 0.1) is 0 Å². The molecule has 0 saturated carbocycles. The summed E-state index contributed by atoms with van der Waals surface area (Å²) in [6, 6.07) is 102. The van der Waals surface area contributed by atoms with Gasteiger partial charge in [0.25, 0.3) is 0 Å². The molecule has 2 nitrogen and oxygen atoms in total. The average molecular weight is 879 g/mol. The summed E-state index contributed by atoms with van der Waals surface area (Å²) in [5, 5.41) is 0. The summed E-state index contributed by atoms with van der Waals surface area (Å²) in [5.74, 6) is 0. The first kappa shape index (κ1) is 40.3. The van der Waals surface area contributed by atoms with Crippen molar-refractivity contribution in [2.75, 3.05) is 9.80 Å². The minimum absolute atomic E-state index is 0.648. The lowest BCUT2D eigenvalue weighted by Crippen LogP contribution is -2.27. The number of fused-ring (bicyclic) bond motifs is 10. The molecular weight excluding hydrogens is 833 g/mol. The van der Waals surface area contributed by atoms with E-state index < -0.39 is 5.41 Å². The van der Waals surface area contributed by atoms with E-state index in [1.54, 1.807) is 0 Å². The van der Waals surface area contributed by atoms with Crippen LogP contribution in [0.2, 0.25) is 0 Å². The van der Waals surface area contributed by atoms with Crippen molar-refractivity contribution in [2.24, 2.45) is 0 Å². The van der Waals surface area contributed by atoms with Crippen LogP contribution in [0.5, 0.6) is 0 Å². The van der Waals surface area contributed by atoms with Crippen LogP contribution in [0.1, 0.15) is 22.3 Å². The van der Waals surface area contributed by atoms with E-state index >= 15 is 0 Å². The number of hydrogen-bond donors (Lipinski definition) is 0. The molecule has 0 saturated heterocycles. The van der Waals surface area contributed by atoms with Crippen LogP contribution in [-0.2, 0) is 5.41 Å². The number of para-hydroxylation sites is 3. The van der Waals surface area contributed by atoms with Crippen LogP contribution >= 0.6 is 0 Å². The highest BCUT2D eigenvalue weighted by molar-refractivity contribution is 6.03. The molecule has 2 heteroatoms. The molecule has 1 atom stereocenters. The molecule has 0 amide bonds. The fourth-order valence-electron chi connectivity index (χ4n) is 11.3. The van der Waals surface area contributed by atoms with E-state index in [4.69, 9.17) is 0 Å². The van der Waals surface area contributed by atoms with E-state index in [1.165, 1.54) is 77.9 Å². The van der Waals surface area contributed by atoms with Crippen molar-refractivity contribution in [3.8, 4) is 55.6 Å². The lowest BCUT2D eigenvalue weighted by molar-refractivity contribution is 0.793. The van der Waals surface area contributed by atoms with Gasteiger partial charge in [0.15, 0.2) is 0 Å². The Kier molecular flexibility index (Phi) is 9.77. The van der Waals surface area contributed by atoms with Crippen LogP contribution in [0.15, 0.2) is 279 Å². The minimum Gasteiger partial charge on any atom is -0.310 e. The summed E-state index contributed by atoms with van der Waals surface area (Å²) in [6.45, 7) is 0. The van der Waals surface area contributed by atoms with Crippen molar-refractivity contribution in [1.82, 2.24) is 0 Å². The first-order chi connectivity index (χ1) is 34.3. The van der Waals surface area contributed by atoms with Crippen molar-refractivity contribution >= 4 is 34.1 Å². The maximum absolute atomic E-state index is 2.54. The van der Waals surface area contributed by atoms with Gasteiger partial charge in [0.1, 0.15) is 0 Å². The Labute approximate surface area is 404 Å². The van der Waals surface area contributed by atoms with Gasteiger partial charge in [-0.1, -0.05) is 206 Å². The summed E-state index contributed by atoms with van der Waals surface area (Å²) in [7, 11) is 0. The molecule has 2 aliphatic carbocycles. The van der Waals surface area contributed by atoms with Gasteiger partial charge in [0, 0.05) is 33.9 Å². The summed E-state index contributed by atoms with van der Waals surface area (Å²) in [4.78, 5) is 4.91. The van der Waals surface area contributed by atoms with E-state index in [0.29, 0.717) is 0 Å². The highest BCUT2D eigenvalue weighted by atomic mass is 15.2. The molecule has 2 aliphatic rings. The monoisotopic (exact) mass is 878 g/mol. The number of hydrogen-bond acceptors (Lipinski definition) is 2. The molecule has 324 valence electrons. The van der Waals surface area contributed by atoms with Gasteiger partial charge in [-0.3, -0.25) is 0 Å². The highest BCUT2D eigenvalue weighted by Crippen LogP contribution is 2.65. The summed E-state index contributed by atoms with van der Waals surface area (Å²) < 4.78 is 0. The van der Waals surface area contributed by atoms with Crippen molar-refractivity contribution in [2.45, 2.75) is 5.41 Å². The standard InChI is InChI=1S/C67H46N2/c1-7-23-47(24-8-1)48-39-41-54(42-40-48)69(53-33-17-6-18-34-53)66-46-64-60(44-58(66)50-27-11-3-12-28-50)56-36-20-22-38-62(56)67(64)61-37-21-19-35-55(61)59-43-57(49-25-9-2-10-26-49)65(45-63(59)67)68(51-29-13-4-14-30-51)52-31-15-5-16-32-52/h1-46H. The van der Waals surface area contributed by atoms with Gasteiger partial charge in [-0.25, -0.2) is 0 Å². The van der Waals surface area contributed by atoms with Crippen molar-refractivity contribution < 1.29 is 0 Å². The molecule has 0 aromatic heterocycles. The predicted molar refractivity (Wildman–Crippen MR) is 288 cm³/mol. The lowest BCUT2D eigenvalue weighted by Gasteiger charge is -2.34. The van der Waals surface area contributed by atoms with Crippen LogP contribution in [0.3, 0.4) is 0 Å². The van der Waals surface area contributed by atoms with Crippen molar-refractivity contribution in [3.05, 3.63) is 301 Å². The van der Waals surface area contributed by atoms with Gasteiger partial charge in [-0.2, -0.15) is 0 Å². The van der Waals surface area contributed by atoms with Crippen LogP contribution in [-0.4, -0.2) is 0 Å². The van der Waals surface area contributed by atoms with E-state index in [2.05, 4.69) is 289 Å². The third kappa shape index (κ3) is 6.56. The van der Waals surface area contributed by atoms with Gasteiger partial charge in [0.05, 0.1) is 16.8 Å². The molecule has 0 aliphatic heterocycles. The van der Waals surface area contributed by atoms with Gasteiger partial charge in [0.2, 0.25) is 0 Å². The molecule has 13 rings (SSSR count). The highest BCUT2D eigenvalue weighted by Gasteiger charge is 2.52. The molecule has 69 heavy (non-hydrogen) atoms. The SMILES string of the molecule is c1ccc(-c2ccc(N(c3ccccc3)c3cc4c(cc3-c3ccccc3)-c3ccccc3C43c4ccccc4-c4cc(-c5ccccc5)c(N(c5ccccc5)c5ccccc5)cc43)cc2)cc1. The second kappa shape index (κ2) is 16.7. The molecule has 0 bridgehead atoms. The Morgan fingerprint density at radius 3 is 0.899 bits per heavy atom. The Morgan fingerprint density at radius 2 is 0.507 bits per heavy atom. The Bertz CT molecular complexity index is 3580. The first-order valence-corrected chi connectivity index (χ1v) is 23.8. The topological polar surface area (TPSA) is 6.48 Å². The molecule has 11 aromatic carbocycles. The zero-order valence-electron chi connectivity index (χ0n) is 38.0. The largest absolute Gasteiger partial charge is 0.310 e. The Balaban J connectivity index is 1.13. The molecule has 0 N–H and O–H groups in total. The Morgan fingerprint density at radius 1 is 0.203 bits per heavy atom. The summed E-state index contributed by atoms with van der Waals surface area (Å²) in [5.41, 5.74) is 23.2. The quantitative estimate of drug-likeness (QED) is 0.143. The van der Waals surface area contributed by atoms with Crippen LogP contribution in [0.25, 0.3) is 55.6 Å². The third-order valence-electron chi connectivity index (χ3n) is 14.2. The second-order valence-electron chi connectivity index (χ2n) is 18.0. The molecule has 0 heterocycles. The van der Waals surface area contributed by atoms with E-state index in [-0.39, 0.29) is 0 Å². The van der Waals surface area contributed by atoms with Gasteiger partial charge in [-0.15, -0.1) is 0 Å². The minimum atomic E-state index is -0.648. The molecule has 0 radical (unpaired) electrons. The molecular formula is C67H46N2. The van der Waals surface area contributed by atoms with Gasteiger partial charge < -0.3 is 9.80 Å². The smallest absolute Gasteiger partial charge is 0.0727 e. The Hall–Kier alpha value is -8.98. The maximum Gasteiger partial charge on any atom is 0.0727 e. The lowest BCUT2D eigenvalue weighted by atomic mass is 9.70. The number of benzene rings is 11. The normalized spacial score (nSPS) is 13.9. The van der Waals surface area contributed by atoms with E-state index in [0.717, 1.165) is 34.1 Å². The van der Waals surface area contributed by atoms with Gasteiger partial charge in [-0.05, 0) is 140 Å². The zero-order valence-corrected chi connectivity index (χ0v) is 38.0. The first-order valence-electron chi connectivity index (χ1n) is 23.8. The molecule has 11 aromatic rings. The number of nitrogens with zero attached hydrogens (tertiary/aromatic N) is 2. The fourth-order valence-corrected chi connectivity index (χ4v) is 11.3. The number of anilines is 6. The fraction of sp³-hybridized carbons (Fsp3) is 0.0149. The zero-order chi connectivity index (χ0) is 45.7. The van der Waals surface area contributed by atoms with E-state index in [1.807, 2.05) is 0 Å². The predicted octanol–water partition coefficient (Wildman–Crippen LogP) is 18.0. The number of rotatable bonds is 9. The molecule has 0 fully saturated rings. The van der Waals surface area contributed by atoms with Crippen LogP contribution in [0.4, 0.5) is 34.1 Å². The molecule has 1 spiro atoms. The molecule has 1 unspecified atom stereocenters. The van der Waals surface area contributed by atoms with Crippen molar-refractivity contribution in [1.29, 1.82) is 0 Å².